The number of amides is 2. The quantitative estimate of drug-likeness (QED) is 0.415. The van der Waals surface area contributed by atoms with E-state index in [0.29, 0.717) is 11.3 Å². The van der Waals surface area contributed by atoms with Gasteiger partial charge in [0.25, 0.3) is 5.92 Å². The van der Waals surface area contributed by atoms with Gasteiger partial charge in [0.05, 0.1) is 15.7 Å². The van der Waals surface area contributed by atoms with E-state index in [-0.39, 0.29) is 65.3 Å². The first-order valence-corrected chi connectivity index (χ1v) is 11.4. The number of halogens is 5. The average molecular weight is 529 g/mol. The number of likely N-dealkylation sites (tertiary alicyclic amines) is 1. The molecule has 0 spiro atoms. The molecule has 1 aromatic carbocycles. The molecule has 3 aromatic rings. The van der Waals surface area contributed by atoms with Crippen LogP contribution in [0.3, 0.4) is 0 Å². The second-order valence-electron chi connectivity index (χ2n) is 8.36. The number of aliphatic hydroxyl groups is 1. The minimum absolute atomic E-state index is 0.0349. The summed E-state index contributed by atoms with van der Waals surface area (Å²) in [6.45, 7) is 0.602. The zero-order valence-electron chi connectivity index (χ0n) is 18.5. The van der Waals surface area contributed by atoms with Crippen LogP contribution in [0.2, 0.25) is 10.0 Å². The van der Waals surface area contributed by atoms with E-state index in [0.717, 1.165) is 13.0 Å². The standard InChI is InChI=1S/C23H21Cl2F3N4O3/c1-22(26,27)16-3-2-14(9-17(16)24)30-21(34)32-6-4-23(28,5-7-32)20-18(25)8-13(11-29-20)19-10-15(12-33)35-31-19/h2-3,8-11,33H,4-7,12H2,1H3,(H,30,34). The Morgan fingerprint density at radius 3 is 2.51 bits per heavy atom. The highest BCUT2D eigenvalue weighted by molar-refractivity contribution is 6.32. The van der Waals surface area contributed by atoms with E-state index in [1.54, 1.807) is 0 Å². The van der Waals surface area contributed by atoms with Crippen LogP contribution in [0.5, 0.6) is 0 Å². The first kappa shape index (κ1) is 25.3. The van der Waals surface area contributed by atoms with Crippen molar-refractivity contribution in [1.82, 2.24) is 15.0 Å². The molecule has 2 aromatic heterocycles. The molecule has 0 bridgehead atoms. The molecule has 4 rings (SSSR count). The molecule has 2 amide bonds. The summed E-state index contributed by atoms with van der Waals surface area (Å²) in [5.74, 6) is -2.84. The van der Waals surface area contributed by atoms with E-state index in [1.807, 2.05) is 0 Å². The number of anilines is 1. The number of alkyl halides is 3. The first-order valence-electron chi connectivity index (χ1n) is 10.7. The molecule has 7 nitrogen and oxygen atoms in total. The van der Waals surface area contributed by atoms with Gasteiger partial charge in [0.15, 0.2) is 11.4 Å². The van der Waals surface area contributed by atoms with Crippen molar-refractivity contribution < 1.29 is 27.6 Å². The molecule has 0 atom stereocenters. The molecule has 186 valence electrons. The van der Waals surface area contributed by atoms with Crippen LogP contribution >= 0.6 is 23.2 Å². The van der Waals surface area contributed by atoms with Gasteiger partial charge in [-0.2, -0.15) is 0 Å². The Labute approximate surface area is 208 Å². The number of urea groups is 1. The van der Waals surface area contributed by atoms with Gasteiger partial charge in [0, 0.05) is 61.9 Å². The van der Waals surface area contributed by atoms with Gasteiger partial charge in [-0.3, -0.25) is 4.98 Å². The van der Waals surface area contributed by atoms with Gasteiger partial charge in [-0.1, -0.05) is 28.4 Å². The number of nitrogens with zero attached hydrogens (tertiary/aromatic N) is 3. The molecule has 35 heavy (non-hydrogen) atoms. The molecule has 12 heteroatoms. The number of piperidine rings is 1. The van der Waals surface area contributed by atoms with Crippen LogP contribution in [0.4, 0.5) is 23.7 Å². The van der Waals surface area contributed by atoms with Crippen molar-refractivity contribution in [1.29, 1.82) is 0 Å². The van der Waals surface area contributed by atoms with Gasteiger partial charge < -0.3 is 19.8 Å². The Balaban J connectivity index is 1.41. The maximum Gasteiger partial charge on any atom is 0.321 e. The van der Waals surface area contributed by atoms with Crippen LogP contribution in [0, 0.1) is 0 Å². The second-order valence-corrected chi connectivity index (χ2v) is 9.17. The van der Waals surface area contributed by atoms with Crippen molar-refractivity contribution in [3.05, 3.63) is 63.6 Å². The fourth-order valence-corrected chi connectivity index (χ4v) is 4.57. The van der Waals surface area contributed by atoms with Crippen molar-refractivity contribution in [2.75, 3.05) is 18.4 Å². The second kappa shape index (κ2) is 9.67. The SMILES string of the molecule is CC(F)(F)c1ccc(NC(=O)N2CCC(F)(c3ncc(-c4cc(CO)on4)cc3Cl)CC2)cc1Cl. The molecule has 1 aliphatic heterocycles. The Kier molecular flexibility index (Phi) is 6.99. The lowest BCUT2D eigenvalue weighted by molar-refractivity contribution is 0.0176. The van der Waals surface area contributed by atoms with Gasteiger partial charge in [0.2, 0.25) is 0 Å². The van der Waals surface area contributed by atoms with E-state index in [1.165, 1.54) is 35.4 Å². The molecule has 2 N–H and O–H groups in total. The maximum absolute atomic E-state index is 15.8. The number of carbonyl (C=O) groups is 1. The molecular weight excluding hydrogens is 508 g/mol. The third kappa shape index (κ3) is 5.39. The Bertz CT molecular complexity index is 1240. The highest BCUT2D eigenvalue weighted by atomic mass is 35.5. The van der Waals surface area contributed by atoms with Crippen LogP contribution in [0.1, 0.15) is 36.8 Å². The van der Waals surface area contributed by atoms with Crippen LogP contribution < -0.4 is 5.32 Å². The van der Waals surface area contributed by atoms with Crippen molar-refractivity contribution in [3.63, 3.8) is 0 Å². The predicted octanol–water partition coefficient (Wildman–Crippen LogP) is 6.14. The number of nitrogens with one attached hydrogen (secondary N) is 1. The lowest BCUT2D eigenvalue weighted by Gasteiger charge is -2.36. The Morgan fingerprint density at radius 1 is 1.23 bits per heavy atom. The van der Waals surface area contributed by atoms with E-state index < -0.39 is 17.6 Å². The molecule has 3 heterocycles. The van der Waals surface area contributed by atoms with Gasteiger partial charge in [-0.25, -0.2) is 18.0 Å². The summed E-state index contributed by atoms with van der Waals surface area (Å²) in [7, 11) is 0. The molecule has 0 saturated carbocycles. The highest BCUT2D eigenvalue weighted by Crippen LogP contribution is 2.40. The number of hydrogen-bond donors (Lipinski definition) is 2. The van der Waals surface area contributed by atoms with Gasteiger partial charge >= 0.3 is 6.03 Å². The van der Waals surface area contributed by atoms with Gasteiger partial charge in [0.1, 0.15) is 12.3 Å². The topological polar surface area (TPSA) is 91.5 Å². The van der Waals surface area contributed by atoms with Gasteiger partial charge in [-0.15, -0.1) is 0 Å². The Morgan fingerprint density at radius 2 is 1.94 bits per heavy atom. The lowest BCUT2D eigenvalue weighted by Crippen LogP contribution is -2.45. The minimum atomic E-state index is -3.11. The van der Waals surface area contributed by atoms with E-state index >= 15 is 4.39 Å². The van der Waals surface area contributed by atoms with Crippen LogP contribution in [-0.4, -0.2) is 39.3 Å². The maximum atomic E-state index is 15.8. The summed E-state index contributed by atoms with van der Waals surface area (Å²) in [5.41, 5.74) is -0.952. The lowest BCUT2D eigenvalue weighted by atomic mass is 9.89. The van der Waals surface area contributed by atoms with Crippen molar-refractivity contribution in [3.8, 4) is 11.3 Å². The van der Waals surface area contributed by atoms with Crippen LogP contribution in [-0.2, 0) is 18.2 Å². The molecule has 0 unspecified atom stereocenters. The van der Waals surface area contributed by atoms with Crippen LogP contribution in [0.25, 0.3) is 11.3 Å². The number of rotatable bonds is 5. The first-order chi connectivity index (χ1) is 16.5. The fraction of sp³-hybridized carbons (Fsp3) is 0.348. The number of pyridine rings is 1. The highest BCUT2D eigenvalue weighted by Gasteiger charge is 2.40. The number of carbonyl (C=O) groups excluding carboxylic acids is 1. The summed E-state index contributed by atoms with van der Waals surface area (Å²) in [4.78, 5) is 18.3. The predicted molar refractivity (Wildman–Crippen MR) is 124 cm³/mol. The molecular formula is C23H21Cl2F3N4O3. The van der Waals surface area contributed by atoms with Crippen molar-refractivity contribution >= 4 is 34.9 Å². The summed E-state index contributed by atoms with van der Waals surface area (Å²) < 4.78 is 47.8. The summed E-state index contributed by atoms with van der Waals surface area (Å²) in [5, 5.41) is 15.5. The van der Waals surface area contributed by atoms with E-state index in [2.05, 4.69) is 15.5 Å². The molecule has 0 radical (unpaired) electrons. The number of aromatic nitrogens is 2. The monoisotopic (exact) mass is 528 g/mol. The molecule has 1 fully saturated rings. The minimum Gasteiger partial charge on any atom is -0.388 e. The zero-order valence-corrected chi connectivity index (χ0v) is 20.0. The van der Waals surface area contributed by atoms with Crippen molar-refractivity contribution in [2.45, 2.75) is 38.0 Å². The average Bonchev–Trinajstić information content (AvgIpc) is 3.28. The third-order valence-electron chi connectivity index (χ3n) is 5.81. The zero-order chi connectivity index (χ0) is 25.4. The number of aliphatic hydroxyl groups excluding tert-OH is 1. The number of benzene rings is 1. The number of hydrogen-bond acceptors (Lipinski definition) is 5. The summed E-state index contributed by atoms with van der Waals surface area (Å²) in [6.07, 6.45) is 1.35. The van der Waals surface area contributed by atoms with Gasteiger partial charge in [-0.05, 0) is 24.3 Å². The van der Waals surface area contributed by atoms with E-state index in [4.69, 9.17) is 32.8 Å². The third-order valence-corrected chi connectivity index (χ3v) is 6.41. The van der Waals surface area contributed by atoms with Crippen LogP contribution in [0.15, 0.2) is 41.1 Å². The Hall–Kier alpha value is -2.82. The van der Waals surface area contributed by atoms with E-state index in [9.17, 15) is 13.6 Å². The van der Waals surface area contributed by atoms with Crippen molar-refractivity contribution in [2.24, 2.45) is 0 Å². The molecule has 0 aliphatic carbocycles. The largest absolute Gasteiger partial charge is 0.388 e. The molecule has 1 saturated heterocycles. The summed E-state index contributed by atoms with van der Waals surface area (Å²) in [6, 6.07) is 6.30. The molecule has 1 aliphatic rings. The normalized spacial score (nSPS) is 15.8. The summed E-state index contributed by atoms with van der Waals surface area (Å²) >= 11 is 12.3. The smallest absolute Gasteiger partial charge is 0.321 e. The fourth-order valence-electron chi connectivity index (χ4n) is 3.88.